The Kier molecular flexibility index (Phi) is 35.5. The fourth-order valence-corrected chi connectivity index (χ4v) is 11.4. The van der Waals surface area contributed by atoms with Gasteiger partial charge in [-0.25, -0.2) is 9.59 Å². The lowest BCUT2D eigenvalue weighted by atomic mass is 10.00. The summed E-state index contributed by atoms with van der Waals surface area (Å²) >= 11 is 0. The van der Waals surface area contributed by atoms with Crippen LogP contribution in [0.1, 0.15) is 187 Å². The van der Waals surface area contributed by atoms with Crippen molar-refractivity contribution in [2.45, 2.75) is 227 Å². The summed E-state index contributed by atoms with van der Waals surface area (Å²) in [6, 6.07) is 17.5. The normalized spacial score (nSPS) is 14.2. The fourth-order valence-electron chi connectivity index (χ4n) is 11.4. The van der Waals surface area contributed by atoms with Crippen LogP contribution in [-0.4, -0.2) is 159 Å². The first-order chi connectivity index (χ1) is 45.6. The van der Waals surface area contributed by atoms with E-state index < -0.39 is 90.0 Å². The quantitative estimate of drug-likeness (QED) is 0.0248. The standard InChI is InChI=1S/C73H113N11O12/c1-13-14-28-54-38-40-63(55(47-54)31-21-16-15-17-22-36-64(86)74-41-42-75-71(93)96-73(7,8)9)95-72(94)83(12)61-34-24-23-32-56(61)48-76-66(88)59(45-50(2)3)80-68(90)57(33-25-26-43-82(10)11)79-69(91)58(39-37-53-29-19-18-20-30-53)78-65(87)49-77-67(89)60(46-51(4)5)81-70(92)62-35-27-44-84(62)52(6)85/h18-20,23-24,29-30,32,34,38,40,47,50-51,57-60,62H,13-17,21-22,25-28,31,33,35-37,39,41-46,48-49H2,1-12H3,(H,74,86)(H,75,93)(H,76,88)(H,77,89)(H,78,87)(H,79,91)(H,80,90)(H,81,92)/t57-,58-,59-,60-,62-/m0/s1. The monoisotopic (exact) mass is 1340 g/mol. The highest BCUT2D eigenvalue weighted by Gasteiger charge is 2.36. The lowest BCUT2D eigenvalue weighted by Crippen LogP contribution is -2.57. The smallest absolute Gasteiger partial charge is 0.419 e. The van der Waals surface area contributed by atoms with Crippen LogP contribution in [0.5, 0.6) is 5.75 Å². The molecule has 1 heterocycles. The van der Waals surface area contributed by atoms with E-state index in [0.29, 0.717) is 75.0 Å². The molecule has 0 aromatic heterocycles. The van der Waals surface area contributed by atoms with Crippen molar-refractivity contribution < 1.29 is 57.4 Å². The molecule has 4 rings (SSSR count). The highest BCUT2D eigenvalue weighted by Crippen LogP contribution is 2.27. The van der Waals surface area contributed by atoms with Crippen LogP contribution in [0.3, 0.4) is 0 Å². The number of amides is 10. The van der Waals surface area contributed by atoms with E-state index in [9.17, 15) is 47.9 Å². The molecule has 8 N–H and O–H groups in total. The largest absolute Gasteiger partial charge is 0.444 e. The SMILES string of the molecule is CCCCc1ccc(OC(=O)N(C)c2ccccc2CNC(=O)[C@H](CC(C)C)NC(=O)[C@H](CCCCN(C)C)NC(=O)[C@H](CCc2ccccc2)NC(=O)CNC(=O)[C@H](CC(C)C)NC(=O)[C@@H]2CCCN2C(C)=O)c(CCCCCCCC(=O)NCCNC(=O)OC(C)(C)C)c1. The van der Waals surface area contributed by atoms with Crippen molar-refractivity contribution in [1.82, 2.24) is 52.3 Å². The number of anilines is 1. The maximum atomic E-state index is 14.6. The van der Waals surface area contributed by atoms with Crippen molar-refractivity contribution in [3.8, 4) is 5.75 Å². The van der Waals surface area contributed by atoms with Crippen LogP contribution in [0.4, 0.5) is 15.3 Å². The first kappa shape index (κ1) is 80.4. The minimum Gasteiger partial charge on any atom is -0.444 e. The lowest BCUT2D eigenvalue weighted by molar-refractivity contribution is -0.138. The molecule has 5 atom stereocenters. The van der Waals surface area contributed by atoms with Gasteiger partial charge in [-0.05, 0) is 178 Å². The van der Waals surface area contributed by atoms with Gasteiger partial charge in [0, 0.05) is 46.6 Å². The molecule has 1 aliphatic rings. The molecule has 0 aliphatic carbocycles. The predicted octanol–water partition coefficient (Wildman–Crippen LogP) is 8.33. The molecule has 0 radical (unpaired) electrons. The second-order valence-corrected chi connectivity index (χ2v) is 27.3. The predicted molar refractivity (Wildman–Crippen MR) is 374 cm³/mol. The number of hydrogen-bond donors (Lipinski definition) is 8. The summed E-state index contributed by atoms with van der Waals surface area (Å²) in [6.45, 7) is 17.8. The van der Waals surface area contributed by atoms with E-state index in [2.05, 4.69) is 55.5 Å². The summed E-state index contributed by atoms with van der Waals surface area (Å²) in [5.74, 6) is -3.30. The first-order valence-electron chi connectivity index (χ1n) is 34.7. The van der Waals surface area contributed by atoms with Crippen LogP contribution >= 0.6 is 0 Å². The zero-order chi connectivity index (χ0) is 70.7. The van der Waals surface area contributed by atoms with E-state index in [0.717, 1.165) is 74.6 Å². The van der Waals surface area contributed by atoms with Gasteiger partial charge in [-0.2, -0.15) is 0 Å². The number of para-hydroxylation sites is 1. The Hall–Kier alpha value is -8.08. The molecule has 0 unspecified atom stereocenters. The number of carbonyl (C=O) groups excluding carboxylic acids is 10. The zero-order valence-electron chi connectivity index (χ0n) is 59.4. The van der Waals surface area contributed by atoms with E-state index >= 15 is 0 Å². The molecule has 1 saturated heterocycles. The minimum absolute atomic E-state index is 0.00619. The van der Waals surface area contributed by atoms with E-state index in [-0.39, 0.29) is 62.4 Å². The average molecular weight is 1340 g/mol. The van der Waals surface area contributed by atoms with Crippen LogP contribution in [0.25, 0.3) is 0 Å². The van der Waals surface area contributed by atoms with Crippen LogP contribution in [-0.2, 0) is 68.9 Å². The second kappa shape index (κ2) is 42.5. The van der Waals surface area contributed by atoms with E-state index in [1.807, 2.05) is 89.2 Å². The third kappa shape index (κ3) is 30.8. The van der Waals surface area contributed by atoms with Crippen molar-refractivity contribution in [2.24, 2.45) is 11.8 Å². The second-order valence-electron chi connectivity index (χ2n) is 27.3. The highest BCUT2D eigenvalue weighted by atomic mass is 16.6. The number of nitrogens with one attached hydrogen (secondary N) is 8. The fraction of sp³-hybridized carbons (Fsp3) is 0.616. The molecule has 0 spiro atoms. The van der Waals surface area contributed by atoms with Gasteiger partial charge in [0.05, 0.1) is 12.2 Å². The zero-order valence-corrected chi connectivity index (χ0v) is 59.4. The molecule has 1 aliphatic heterocycles. The summed E-state index contributed by atoms with van der Waals surface area (Å²) in [5.41, 5.74) is 3.50. The van der Waals surface area contributed by atoms with Crippen molar-refractivity contribution in [3.05, 3.63) is 95.1 Å². The summed E-state index contributed by atoms with van der Waals surface area (Å²) < 4.78 is 11.4. The Balaban J connectivity index is 1.43. The molecular weight excluding hydrogens is 1220 g/mol. The van der Waals surface area contributed by atoms with Gasteiger partial charge in [0.1, 0.15) is 41.6 Å². The van der Waals surface area contributed by atoms with Gasteiger partial charge in [0.15, 0.2) is 0 Å². The Morgan fingerprint density at radius 3 is 1.89 bits per heavy atom. The van der Waals surface area contributed by atoms with Crippen LogP contribution in [0, 0.1) is 11.8 Å². The summed E-state index contributed by atoms with van der Waals surface area (Å²) in [7, 11) is 5.49. The summed E-state index contributed by atoms with van der Waals surface area (Å²) in [6.07, 6.45) is 10.8. The summed E-state index contributed by atoms with van der Waals surface area (Å²) in [4.78, 5) is 140. The molecular formula is C73H113N11O12. The third-order valence-electron chi connectivity index (χ3n) is 16.4. The van der Waals surface area contributed by atoms with Crippen molar-refractivity contribution in [2.75, 3.05) is 58.8 Å². The van der Waals surface area contributed by atoms with E-state index in [1.54, 1.807) is 52.1 Å². The summed E-state index contributed by atoms with van der Waals surface area (Å²) in [5, 5.41) is 22.6. The van der Waals surface area contributed by atoms with E-state index in [4.69, 9.17) is 9.47 Å². The Labute approximate surface area is 570 Å². The maximum absolute atomic E-state index is 14.6. The van der Waals surface area contributed by atoms with Crippen LogP contribution in [0.2, 0.25) is 0 Å². The van der Waals surface area contributed by atoms with Gasteiger partial charge < -0.3 is 61.8 Å². The molecule has 23 nitrogen and oxygen atoms in total. The molecule has 1 fully saturated rings. The number of hydrogen-bond acceptors (Lipinski definition) is 13. The van der Waals surface area contributed by atoms with Crippen LogP contribution < -0.4 is 52.2 Å². The van der Waals surface area contributed by atoms with Gasteiger partial charge in [0.2, 0.25) is 47.3 Å². The van der Waals surface area contributed by atoms with Crippen molar-refractivity contribution >= 4 is 65.1 Å². The van der Waals surface area contributed by atoms with Gasteiger partial charge >= 0.3 is 12.2 Å². The third-order valence-corrected chi connectivity index (χ3v) is 16.4. The minimum atomic E-state index is -1.15. The molecule has 3 aromatic carbocycles. The molecule has 96 heavy (non-hydrogen) atoms. The number of unbranched alkanes of at least 4 members (excludes halogenated alkanes) is 6. The number of carbonyl (C=O) groups is 10. The lowest BCUT2D eigenvalue weighted by Gasteiger charge is -2.27. The highest BCUT2D eigenvalue weighted by molar-refractivity contribution is 5.96. The van der Waals surface area contributed by atoms with Crippen molar-refractivity contribution in [1.29, 1.82) is 0 Å². The average Bonchev–Trinajstić information content (AvgIpc) is 1.03. The number of alkyl carbamates (subject to hydrolysis) is 1. The van der Waals surface area contributed by atoms with E-state index in [1.165, 1.54) is 16.7 Å². The van der Waals surface area contributed by atoms with Gasteiger partial charge in [-0.15, -0.1) is 0 Å². The Bertz CT molecular complexity index is 2970. The Morgan fingerprint density at radius 1 is 0.594 bits per heavy atom. The van der Waals surface area contributed by atoms with Gasteiger partial charge in [0.25, 0.3) is 0 Å². The first-order valence-corrected chi connectivity index (χ1v) is 34.7. The molecule has 23 heteroatoms. The Morgan fingerprint density at radius 2 is 1.22 bits per heavy atom. The molecule has 0 bridgehead atoms. The van der Waals surface area contributed by atoms with Gasteiger partial charge in [-0.1, -0.05) is 121 Å². The topological polar surface area (TPSA) is 295 Å². The number of aryl methyl sites for hydroxylation is 3. The van der Waals surface area contributed by atoms with Gasteiger partial charge in [-0.3, -0.25) is 43.3 Å². The molecule has 532 valence electrons. The number of ether oxygens (including phenoxy) is 2. The molecule has 0 saturated carbocycles. The molecule has 3 aromatic rings. The number of likely N-dealkylation sites (tertiary alicyclic amines) is 1. The number of rotatable bonds is 41. The molecule has 10 amide bonds. The number of nitrogens with zero attached hydrogens (tertiary/aromatic N) is 3. The van der Waals surface area contributed by atoms with Crippen molar-refractivity contribution in [3.63, 3.8) is 0 Å². The van der Waals surface area contributed by atoms with Crippen LogP contribution in [0.15, 0.2) is 72.8 Å². The maximum Gasteiger partial charge on any atom is 0.419 e. The number of benzene rings is 3.